The van der Waals surface area contributed by atoms with Crippen molar-refractivity contribution in [3.8, 4) is 0 Å². The molecule has 0 N–H and O–H groups in total. The predicted octanol–water partition coefficient (Wildman–Crippen LogP) is 6.99. The number of aromatic nitrogens is 2. The Labute approximate surface area is 201 Å². The van der Waals surface area contributed by atoms with Crippen LogP contribution >= 0.6 is 0 Å². The van der Waals surface area contributed by atoms with Crippen LogP contribution in [0.1, 0.15) is 23.1 Å². The summed E-state index contributed by atoms with van der Waals surface area (Å²) < 4.78 is 8.99. The van der Waals surface area contributed by atoms with Crippen molar-refractivity contribution < 1.29 is 4.74 Å². The van der Waals surface area contributed by atoms with Crippen LogP contribution in [0.15, 0.2) is 134 Å². The van der Waals surface area contributed by atoms with E-state index in [-0.39, 0.29) is 0 Å². The Balaban J connectivity index is 1.37. The Morgan fingerprint density at radius 3 is 1.76 bits per heavy atom. The second-order valence-electron chi connectivity index (χ2n) is 8.27. The standard InChI is InChI=1S/C31H28N2O/c1-5-15-26(16-6-1)31(27-17-7-2-8-18-27,28-19-9-3-10-20-28)34-24-14-4-13-23-33-25-32-29-21-11-12-22-30(29)33/h1-13,15-22,25H,14,23-24H2/b13-4+. The molecule has 0 amide bonds. The van der Waals surface area contributed by atoms with Gasteiger partial charge in [0.05, 0.1) is 24.0 Å². The van der Waals surface area contributed by atoms with Gasteiger partial charge in [0.25, 0.3) is 0 Å². The average molecular weight is 445 g/mol. The molecule has 0 aliphatic carbocycles. The number of ether oxygens (including phenoxy) is 1. The second-order valence-corrected chi connectivity index (χ2v) is 8.27. The lowest BCUT2D eigenvalue weighted by molar-refractivity contribution is 0.0157. The van der Waals surface area contributed by atoms with Crippen molar-refractivity contribution >= 4 is 11.0 Å². The average Bonchev–Trinajstić information content (AvgIpc) is 3.33. The minimum Gasteiger partial charge on any atom is -0.361 e. The van der Waals surface area contributed by atoms with Crippen molar-refractivity contribution in [1.29, 1.82) is 0 Å². The van der Waals surface area contributed by atoms with Gasteiger partial charge in [0.2, 0.25) is 0 Å². The summed E-state index contributed by atoms with van der Waals surface area (Å²) in [5.74, 6) is 0. The third kappa shape index (κ3) is 4.43. The number of allylic oxidation sites excluding steroid dienone is 1. The molecule has 3 nitrogen and oxygen atoms in total. The van der Waals surface area contributed by atoms with Crippen molar-refractivity contribution in [2.75, 3.05) is 6.61 Å². The number of imidazole rings is 1. The quantitative estimate of drug-likeness (QED) is 0.139. The van der Waals surface area contributed by atoms with Gasteiger partial charge in [-0.2, -0.15) is 0 Å². The molecular formula is C31H28N2O. The number of benzene rings is 4. The summed E-state index contributed by atoms with van der Waals surface area (Å²) in [5.41, 5.74) is 4.89. The van der Waals surface area contributed by atoms with Gasteiger partial charge < -0.3 is 9.30 Å². The van der Waals surface area contributed by atoms with Crippen molar-refractivity contribution in [2.24, 2.45) is 0 Å². The smallest absolute Gasteiger partial charge is 0.143 e. The largest absolute Gasteiger partial charge is 0.361 e. The summed E-state index contributed by atoms with van der Waals surface area (Å²) in [6, 6.07) is 39.7. The molecule has 0 saturated carbocycles. The molecule has 4 aromatic carbocycles. The van der Waals surface area contributed by atoms with E-state index >= 15 is 0 Å². The van der Waals surface area contributed by atoms with Gasteiger partial charge in [0.1, 0.15) is 5.60 Å². The summed E-state index contributed by atoms with van der Waals surface area (Å²) in [6.07, 6.45) is 7.10. The minimum absolute atomic E-state index is 0.597. The first-order chi connectivity index (χ1) is 16.9. The van der Waals surface area contributed by atoms with Gasteiger partial charge in [-0.15, -0.1) is 0 Å². The molecule has 0 bridgehead atoms. The van der Waals surface area contributed by atoms with E-state index in [9.17, 15) is 0 Å². The molecular weight excluding hydrogens is 416 g/mol. The van der Waals surface area contributed by atoms with Gasteiger partial charge in [0, 0.05) is 6.54 Å². The molecule has 34 heavy (non-hydrogen) atoms. The highest BCUT2D eigenvalue weighted by Crippen LogP contribution is 2.40. The molecule has 168 valence electrons. The summed E-state index contributed by atoms with van der Waals surface area (Å²) in [4.78, 5) is 4.47. The van der Waals surface area contributed by atoms with Crippen molar-refractivity contribution in [1.82, 2.24) is 9.55 Å². The fourth-order valence-corrected chi connectivity index (χ4v) is 4.51. The molecule has 5 aromatic rings. The summed E-state index contributed by atoms with van der Waals surface area (Å²) >= 11 is 0. The SMILES string of the molecule is C(=C\Cn1cnc2ccccc21)/CCOC(c1ccccc1)(c1ccccc1)c1ccccc1. The van der Waals surface area contributed by atoms with Crippen LogP contribution in [0.4, 0.5) is 0 Å². The number of hydrogen-bond donors (Lipinski definition) is 0. The van der Waals surface area contributed by atoms with Gasteiger partial charge in [0.15, 0.2) is 0 Å². The fourth-order valence-electron chi connectivity index (χ4n) is 4.51. The molecule has 1 heterocycles. The molecule has 0 radical (unpaired) electrons. The lowest BCUT2D eigenvalue weighted by atomic mass is 9.80. The number of fused-ring (bicyclic) bond motifs is 1. The Morgan fingerprint density at radius 2 is 1.18 bits per heavy atom. The normalized spacial score (nSPS) is 11.9. The van der Waals surface area contributed by atoms with Gasteiger partial charge >= 0.3 is 0 Å². The Morgan fingerprint density at radius 1 is 0.647 bits per heavy atom. The van der Waals surface area contributed by atoms with E-state index in [1.807, 2.05) is 42.7 Å². The van der Waals surface area contributed by atoms with E-state index in [0.717, 1.165) is 40.7 Å². The summed E-state index contributed by atoms with van der Waals surface area (Å²) in [5, 5.41) is 0. The number of para-hydroxylation sites is 2. The van der Waals surface area contributed by atoms with E-state index in [0.29, 0.717) is 6.61 Å². The zero-order valence-electron chi connectivity index (χ0n) is 19.1. The summed E-state index contributed by atoms with van der Waals surface area (Å²) in [6.45, 7) is 1.39. The van der Waals surface area contributed by atoms with Crippen LogP contribution in [0.25, 0.3) is 11.0 Å². The highest BCUT2D eigenvalue weighted by atomic mass is 16.5. The maximum atomic E-state index is 6.83. The topological polar surface area (TPSA) is 27.1 Å². The maximum absolute atomic E-state index is 6.83. The van der Waals surface area contributed by atoms with Crippen molar-refractivity contribution in [2.45, 2.75) is 18.6 Å². The molecule has 0 unspecified atom stereocenters. The zero-order chi connectivity index (χ0) is 23.1. The van der Waals surface area contributed by atoms with Crippen LogP contribution < -0.4 is 0 Å². The molecule has 0 aliphatic heterocycles. The lowest BCUT2D eigenvalue weighted by Crippen LogP contribution is -2.33. The fraction of sp³-hybridized carbons (Fsp3) is 0.129. The minimum atomic E-state index is -0.668. The van der Waals surface area contributed by atoms with E-state index in [1.165, 1.54) is 0 Å². The van der Waals surface area contributed by atoms with Crippen LogP contribution in [0.2, 0.25) is 0 Å². The molecule has 3 heteroatoms. The van der Waals surface area contributed by atoms with Crippen LogP contribution in [-0.2, 0) is 16.9 Å². The van der Waals surface area contributed by atoms with Gasteiger partial charge in [-0.3, -0.25) is 0 Å². The van der Waals surface area contributed by atoms with Crippen LogP contribution in [0, 0.1) is 0 Å². The molecule has 0 fully saturated rings. The van der Waals surface area contributed by atoms with E-state index in [2.05, 4.69) is 101 Å². The first-order valence-corrected chi connectivity index (χ1v) is 11.7. The monoisotopic (exact) mass is 444 g/mol. The van der Waals surface area contributed by atoms with Crippen molar-refractivity contribution in [3.05, 3.63) is 150 Å². The van der Waals surface area contributed by atoms with Crippen LogP contribution in [-0.4, -0.2) is 16.2 Å². The molecule has 1 aromatic heterocycles. The first kappa shape index (κ1) is 21.9. The van der Waals surface area contributed by atoms with Gasteiger partial charge in [-0.1, -0.05) is 115 Å². The van der Waals surface area contributed by atoms with E-state index in [4.69, 9.17) is 4.74 Å². The maximum Gasteiger partial charge on any atom is 0.143 e. The molecule has 0 atom stereocenters. The Bertz CT molecular complexity index is 1240. The molecule has 0 aliphatic rings. The molecule has 0 saturated heterocycles. The zero-order valence-corrected chi connectivity index (χ0v) is 19.1. The molecule has 0 spiro atoms. The third-order valence-corrected chi connectivity index (χ3v) is 6.14. The second kappa shape index (κ2) is 10.3. The lowest BCUT2D eigenvalue weighted by Gasteiger charge is -2.36. The number of nitrogens with zero attached hydrogens (tertiary/aromatic N) is 2. The third-order valence-electron chi connectivity index (χ3n) is 6.14. The van der Waals surface area contributed by atoms with Gasteiger partial charge in [-0.05, 0) is 35.2 Å². The van der Waals surface area contributed by atoms with Crippen LogP contribution in [0.5, 0.6) is 0 Å². The molecule has 5 rings (SSSR count). The predicted molar refractivity (Wildman–Crippen MR) is 139 cm³/mol. The van der Waals surface area contributed by atoms with E-state index < -0.39 is 5.60 Å². The number of rotatable bonds is 9. The highest BCUT2D eigenvalue weighted by Gasteiger charge is 2.37. The van der Waals surface area contributed by atoms with E-state index in [1.54, 1.807) is 0 Å². The van der Waals surface area contributed by atoms with Crippen LogP contribution in [0.3, 0.4) is 0 Å². The first-order valence-electron chi connectivity index (χ1n) is 11.7. The Hall–Kier alpha value is -3.95. The Kier molecular flexibility index (Phi) is 6.64. The highest BCUT2D eigenvalue weighted by molar-refractivity contribution is 5.74. The summed E-state index contributed by atoms with van der Waals surface area (Å²) in [7, 11) is 0. The number of hydrogen-bond acceptors (Lipinski definition) is 2. The van der Waals surface area contributed by atoms with Gasteiger partial charge in [-0.25, -0.2) is 4.98 Å². The van der Waals surface area contributed by atoms with Crippen molar-refractivity contribution in [3.63, 3.8) is 0 Å².